The number of nitrogens with zero attached hydrogens (tertiary/aromatic N) is 1. The maximum absolute atomic E-state index is 14.0. The summed E-state index contributed by atoms with van der Waals surface area (Å²) in [7, 11) is 1.80. The van der Waals surface area contributed by atoms with Gasteiger partial charge in [0.25, 0.3) is 5.91 Å². The Balaban J connectivity index is 1.69. The molecule has 0 heterocycles. The maximum atomic E-state index is 14.0. The van der Waals surface area contributed by atoms with Crippen LogP contribution in [-0.2, 0) is 0 Å². The van der Waals surface area contributed by atoms with Gasteiger partial charge in [-0.2, -0.15) is 0 Å². The van der Waals surface area contributed by atoms with Crippen LogP contribution in [-0.4, -0.2) is 24.4 Å². The molecule has 20 heavy (non-hydrogen) atoms. The molecule has 1 aromatic carbocycles. The molecule has 1 amide bonds. The predicted molar refractivity (Wildman–Crippen MR) is 77.0 cm³/mol. The maximum Gasteiger partial charge on any atom is 0.256 e. The Bertz CT molecular complexity index is 528. The second-order valence-corrected chi connectivity index (χ2v) is 6.56. The van der Waals surface area contributed by atoms with Gasteiger partial charge in [-0.25, -0.2) is 4.39 Å². The van der Waals surface area contributed by atoms with E-state index >= 15 is 0 Å². The molecule has 0 saturated heterocycles. The summed E-state index contributed by atoms with van der Waals surface area (Å²) in [6.07, 6.45) is 5.27. The van der Waals surface area contributed by atoms with Gasteiger partial charge in [-0.05, 0) is 55.6 Å². The second kappa shape index (κ2) is 5.19. The van der Waals surface area contributed by atoms with E-state index in [4.69, 9.17) is 0 Å². The third kappa shape index (κ3) is 2.34. The summed E-state index contributed by atoms with van der Waals surface area (Å²) in [6.45, 7) is 2.47. The van der Waals surface area contributed by atoms with Crippen LogP contribution < -0.4 is 0 Å². The molecule has 2 saturated carbocycles. The van der Waals surface area contributed by atoms with Crippen LogP contribution in [0, 0.1) is 30.5 Å². The number of aryl methyl sites for hydroxylation is 1. The van der Waals surface area contributed by atoms with E-state index in [1.54, 1.807) is 37.1 Å². The number of hydrogen-bond acceptors (Lipinski definition) is 1. The Morgan fingerprint density at radius 1 is 1.35 bits per heavy atom. The van der Waals surface area contributed by atoms with E-state index in [9.17, 15) is 9.18 Å². The molecule has 2 fully saturated rings. The van der Waals surface area contributed by atoms with Gasteiger partial charge in [0, 0.05) is 13.6 Å². The number of rotatable bonds is 3. The highest BCUT2D eigenvalue weighted by molar-refractivity contribution is 5.94. The molecule has 0 spiro atoms. The molecule has 108 valence electrons. The zero-order valence-electron chi connectivity index (χ0n) is 12.2. The fraction of sp³-hybridized carbons (Fsp3) is 0.588. The van der Waals surface area contributed by atoms with E-state index < -0.39 is 0 Å². The van der Waals surface area contributed by atoms with Gasteiger partial charge in [0.15, 0.2) is 0 Å². The summed E-state index contributed by atoms with van der Waals surface area (Å²) in [5, 5.41) is 0. The number of carbonyl (C=O) groups is 1. The van der Waals surface area contributed by atoms with E-state index in [-0.39, 0.29) is 17.3 Å². The highest BCUT2D eigenvalue weighted by Crippen LogP contribution is 2.48. The van der Waals surface area contributed by atoms with Crippen molar-refractivity contribution in [1.29, 1.82) is 0 Å². The van der Waals surface area contributed by atoms with Crippen LogP contribution >= 0.6 is 0 Å². The Morgan fingerprint density at radius 3 is 2.80 bits per heavy atom. The van der Waals surface area contributed by atoms with Crippen LogP contribution in [0.4, 0.5) is 4.39 Å². The SMILES string of the molecule is Cc1cccc(C(=O)N(C)CC2CC3CCC2C3)c1F. The molecule has 1 aromatic rings. The fourth-order valence-corrected chi connectivity index (χ4v) is 4.05. The van der Waals surface area contributed by atoms with Gasteiger partial charge in [0.2, 0.25) is 0 Å². The fourth-order valence-electron chi connectivity index (χ4n) is 4.05. The summed E-state index contributed by atoms with van der Waals surface area (Å²) >= 11 is 0. The van der Waals surface area contributed by atoms with Gasteiger partial charge in [0.05, 0.1) is 5.56 Å². The molecule has 3 rings (SSSR count). The highest BCUT2D eigenvalue weighted by Gasteiger charge is 2.40. The van der Waals surface area contributed by atoms with Gasteiger partial charge in [-0.3, -0.25) is 4.79 Å². The first-order chi connectivity index (χ1) is 9.56. The Hall–Kier alpha value is -1.38. The quantitative estimate of drug-likeness (QED) is 0.824. The van der Waals surface area contributed by atoms with Crippen molar-refractivity contribution < 1.29 is 9.18 Å². The van der Waals surface area contributed by atoms with Crippen LogP contribution in [0.25, 0.3) is 0 Å². The molecule has 2 nitrogen and oxygen atoms in total. The van der Waals surface area contributed by atoms with Gasteiger partial charge >= 0.3 is 0 Å². The van der Waals surface area contributed by atoms with Crippen molar-refractivity contribution in [3.63, 3.8) is 0 Å². The zero-order valence-corrected chi connectivity index (χ0v) is 12.2. The lowest BCUT2D eigenvalue weighted by Gasteiger charge is -2.27. The predicted octanol–water partition coefficient (Wildman–Crippen LogP) is 3.64. The third-order valence-electron chi connectivity index (χ3n) is 5.16. The molecule has 0 aliphatic heterocycles. The Morgan fingerprint density at radius 2 is 2.15 bits per heavy atom. The third-order valence-corrected chi connectivity index (χ3v) is 5.16. The van der Waals surface area contributed by atoms with E-state index in [2.05, 4.69) is 0 Å². The van der Waals surface area contributed by atoms with Crippen molar-refractivity contribution in [3.8, 4) is 0 Å². The van der Waals surface area contributed by atoms with E-state index in [0.717, 1.165) is 18.4 Å². The molecular formula is C17H22FNO. The van der Waals surface area contributed by atoms with Crippen LogP contribution in [0.2, 0.25) is 0 Å². The smallest absolute Gasteiger partial charge is 0.256 e. The number of hydrogen-bond donors (Lipinski definition) is 0. The molecule has 3 unspecified atom stereocenters. The zero-order chi connectivity index (χ0) is 14.3. The molecule has 0 aromatic heterocycles. The van der Waals surface area contributed by atoms with Crippen LogP contribution in [0.1, 0.15) is 41.6 Å². The van der Waals surface area contributed by atoms with E-state index in [0.29, 0.717) is 11.5 Å². The normalized spacial score (nSPS) is 27.9. The minimum atomic E-state index is -0.378. The van der Waals surface area contributed by atoms with Crippen molar-refractivity contribution in [2.45, 2.75) is 32.6 Å². The number of carbonyl (C=O) groups excluding carboxylic acids is 1. The Kier molecular flexibility index (Phi) is 3.53. The van der Waals surface area contributed by atoms with Crippen molar-refractivity contribution in [1.82, 2.24) is 4.90 Å². The van der Waals surface area contributed by atoms with Crippen LogP contribution in [0.15, 0.2) is 18.2 Å². The topological polar surface area (TPSA) is 20.3 Å². The first-order valence-electron chi connectivity index (χ1n) is 7.57. The van der Waals surface area contributed by atoms with E-state index in [1.165, 1.54) is 25.7 Å². The molecule has 0 N–H and O–H groups in total. The van der Waals surface area contributed by atoms with Crippen molar-refractivity contribution in [3.05, 3.63) is 35.1 Å². The monoisotopic (exact) mass is 275 g/mol. The van der Waals surface area contributed by atoms with Crippen molar-refractivity contribution in [2.24, 2.45) is 17.8 Å². The van der Waals surface area contributed by atoms with Crippen molar-refractivity contribution in [2.75, 3.05) is 13.6 Å². The molecular weight excluding hydrogens is 253 g/mol. The average molecular weight is 275 g/mol. The lowest BCUT2D eigenvalue weighted by Crippen LogP contribution is -2.34. The minimum Gasteiger partial charge on any atom is -0.341 e. The number of halogens is 1. The Labute approximate surface area is 120 Å². The molecule has 3 heteroatoms. The summed E-state index contributed by atoms with van der Waals surface area (Å²) in [4.78, 5) is 14.1. The summed E-state index contributed by atoms with van der Waals surface area (Å²) in [5.74, 6) is 1.73. The highest BCUT2D eigenvalue weighted by atomic mass is 19.1. The molecule has 3 atom stereocenters. The van der Waals surface area contributed by atoms with Crippen molar-refractivity contribution >= 4 is 5.91 Å². The number of benzene rings is 1. The number of fused-ring (bicyclic) bond motifs is 2. The largest absolute Gasteiger partial charge is 0.341 e. The standard InChI is InChI=1S/C17H22FNO/c1-11-4-3-5-15(16(11)18)17(20)19(2)10-14-9-12-6-7-13(14)8-12/h3-5,12-14H,6-10H2,1-2H3. The number of amides is 1. The molecule has 2 aliphatic carbocycles. The first kappa shape index (κ1) is 13.6. The average Bonchev–Trinajstić information content (AvgIpc) is 3.03. The lowest BCUT2D eigenvalue weighted by molar-refractivity contribution is 0.0749. The van der Waals surface area contributed by atoms with Gasteiger partial charge in [-0.15, -0.1) is 0 Å². The summed E-state index contributed by atoms with van der Waals surface area (Å²) < 4.78 is 14.0. The molecule has 2 aliphatic rings. The molecule has 2 bridgehead atoms. The first-order valence-corrected chi connectivity index (χ1v) is 7.57. The van der Waals surface area contributed by atoms with Crippen LogP contribution in [0.5, 0.6) is 0 Å². The van der Waals surface area contributed by atoms with Crippen LogP contribution in [0.3, 0.4) is 0 Å². The molecule has 0 radical (unpaired) electrons. The minimum absolute atomic E-state index is 0.186. The second-order valence-electron chi connectivity index (χ2n) is 6.56. The van der Waals surface area contributed by atoms with E-state index in [1.807, 2.05) is 0 Å². The summed E-state index contributed by atoms with van der Waals surface area (Å²) in [6, 6.07) is 5.03. The summed E-state index contributed by atoms with van der Waals surface area (Å²) in [5.41, 5.74) is 0.736. The van der Waals surface area contributed by atoms with Gasteiger partial charge in [0.1, 0.15) is 5.82 Å². The van der Waals surface area contributed by atoms with Gasteiger partial charge < -0.3 is 4.90 Å². The van der Waals surface area contributed by atoms with Gasteiger partial charge in [-0.1, -0.05) is 18.6 Å². The lowest BCUT2D eigenvalue weighted by atomic mass is 9.88.